The Labute approximate surface area is 246 Å². The van der Waals surface area contributed by atoms with Gasteiger partial charge in [-0.25, -0.2) is 4.99 Å². The number of hydrogen-bond acceptors (Lipinski definition) is 6. The number of aromatic nitrogens is 1. The van der Waals surface area contributed by atoms with Crippen molar-refractivity contribution >= 4 is 44.7 Å². The summed E-state index contributed by atoms with van der Waals surface area (Å²) in [6.07, 6.45) is 3.41. The minimum absolute atomic E-state index is 0.0226. The summed E-state index contributed by atoms with van der Waals surface area (Å²) in [6, 6.07) is 24.6. The molecule has 7 nitrogen and oxygen atoms in total. The topological polar surface area (TPSA) is 90.6 Å². The summed E-state index contributed by atoms with van der Waals surface area (Å²) < 4.78 is 9.26. The highest BCUT2D eigenvalue weighted by Crippen LogP contribution is 2.41. The second-order valence-electron chi connectivity index (χ2n) is 10.1. The van der Waals surface area contributed by atoms with Crippen LogP contribution in [0.25, 0.3) is 23.1 Å². The summed E-state index contributed by atoms with van der Waals surface area (Å²) >= 11 is 4.85. The smallest absolute Gasteiger partial charge is 0.280 e. The fourth-order valence-corrected chi connectivity index (χ4v) is 6.92. The van der Waals surface area contributed by atoms with Crippen molar-refractivity contribution in [2.75, 3.05) is 0 Å². The Bertz CT molecular complexity index is 2090. The molecule has 1 aliphatic heterocycles. The van der Waals surface area contributed by atoms with Gasteiger partial charge in [-0.1, -0.05) is 69.7 Å². The third-order valence-electron chi connectivity index (χ3n) is 7.57. The average Bonchev–Trinajstić information content (AvgIpc) is 3.56. The van der Waals surface area contributed by atoms with Crippen LogP contribution in [0.15, 0.2) is 103 Å². The number of allylic oxidation sites excluding steroid dienone is 1. The summed E-state index contributed by atoms with van der Waals surface area (Å²) in [6.45, 7) is 1.81. The van der Waals surface area contributed by atoms with Crippen LogP contribution in [0.5, 0.6) is 0 Å². The predicted octanol–water partition coefficient (Wildman–Crippen LogP) is 6.56. The minimum atomic E-state index is -0.412. The molecule has 41 heavy (non-hydrogen) atoms. The average molecular weight is 625 g/mol. The van der Waals surface area contributed by atoms with E-state index in [-0.39, 0.29) is 17.3 Å². The number of hydrogen-bond donors (Lipinski definition) is 0. The van der Waals surface area contributed by atoms with Crippen molar-refractivity contribution < 1.29 is 9.34 Å². The summed E-state index contributed by atoms with van der Waals surface area (Å²) in [5.74, 6) is 0.810. The highest BCUT2D eigenvalue weighted by atomic mass is 79.9. The van der Waals surface area contributed by atoms with Crippen LogP contribution in [0, 0.1) is 17.0 Å². The standard InChI is InChI=1S/C32H22BrN3O4S/c1-18-6-13-24(26(16-18)36(38)39)27-15-12-22(40-27)17-28-31(37)35-30(20-7-10-21(33)11-8-20)25-14-9-19-4-2-3-5-23(19)29(25)34-32(35)41-28/h2-8,10-13,15-17,30H,9,14H2,1H3/b28-17+/t30-/m0/s1. The fraction of sp³-hybridized carbons (Fsp3) is 0.125. The lowest BCUT2D eigenvalue weighted by Crippen LogP contribution is -2.38. The van der Waals surface area contributed by atoms with Crippen molar-refractivity contribution in [1.82, 2.24) is 4.57 Å². The normalized spacial score (nSPS) is 16.1. The van der Waals surface area contributed by atoms with Crippen LogP contribution in [0.4, 0.5) is 5.69 Å². The van der Waals surface area contributed by atoms with Gasteiger partial charge < -0.3 is 4.42 Å². The highest BCUT2D eigenvalue weighted by Gasteiger charge is 2.32. The number of rotatable bonds is 4. The quantitative estimate of drug-likeness (QED) is 0.167. The zero-order valence-corrected chi connectivity index (χ0v) is 24.2. The van der Waals surface area contributed by atoms with Crippen LogP contribution in [-0.2, 0) is 6.42 Å². The largest absolute Gasteiger partial charge is 0.456 e. The number of halogens is 1. The molecule has 0 saturated heterocycles. The predicted molar refractivity (Wildman–Crippen MR) is 162 cm³/mol. The molecule has 0 amide bonds. The maximum Gasteiger partial charge on any atom is 0.280 e. The molecule has 1 aliphatic carbocycles. The van der Waals surface area contributed by atoms with Crippen molar-refractivity contribution in [2.45, 2.75) is 25.8 Å². The molecule has 7 rings (SSSR count). The Kier molecular flexibility index (Phi) is 6.21. The van der Waals surface area contributed by atoms with E-state index in [1.54, 1.807) is 28.8 Å². The summed E-state index contributed by atoms with van der Waals surface area (Å²) in [5, 5.41) is 11.6. The number of nitrogens with zero attached hydrogens (tertiary/aromatic N) is 3. The summed E-state index contributed by atoms with van der Waals surface area (Å²) in [5.41, 5.74) is 6.49. The molecule has 0 radical (unpaired) electrons. The van der Waals surface area contributed by atoms with E-state index in [2.05, 4.69) is 46.3 Å². The number of fused-ring (bicyclic) bond motifs is 3. The first-order valence-electron chi connectivity index (χ1n) is 13.1. The van der Waals surface area contributed by atoms with Gasteiger partial charge in [0.1, 0.15) is 11.5 Å². The second kappa shape index (κ2) is 9.94. The van der Waals surface area contributed by atoms with Crippen LogP contribution in [0.1, 0.15) is 40.5 Å². The van der Waals surface area contributed by atoms with Gasteiger partial charge in [-0.15, -0.1) is 0 Å². The molecular formula is C32H22BrN3O4S. The first-order chi connectivity index (χ1) is 19.9. The molecule has 202 valence electrons. The molecule has 0 saturated carbocycles. The second-order valence-corrected chi connectivity index (χ2v) is 12.1. The van der Waals surface area contributed by atoms with Crippen molar-refractivity contribution in [1.29, 1.82) is 0 Å². The summed E-state index contributed by atoms with van der Waals surface area (Å²) in [4.78, 5) is 30.9. The van der Waals surface area contributed by atoms with Crippen molar-refractivity contribution in [3.63, 3.8) is 0 Å². The van der Waals surface area contributed by atoms with Gasteiger partial charge in [-0.3, -0.25) is 19.5 Å². The fourth-order valence-electron chi connectivity index (χ4n) is 5.67. The van der Waals surface area contributed by atoms with E-state index in [4.69, 9.17) is 9.41 Å². The lowest BCUT2D eigenvalue weighted by atomic mass is 9.83. The Balaban J connectivity index is 1.38. The Morgan fingerprint density at radius 2 is 1.85 bits per heavy atom. The maximum atomic E-state index is 14.0. The van der Waals surface area contributed by atoms with E-state index in [0.29, 0.717) is 26.4 Å². The van der Waals surface area contributed by atoms with Gasteiger partial charge in [0.2, 0.25) is 0 Å². The number of nitro benzene ring substituents is 1. The molecule has 9 heteroatoms. The Hall–Kier alpha value is -4.34. The molecule has 0 spiro atoms. The zero-order valence-electron chi connectivity index (χ0n) is 21.8. The van der Waals surface area contributed by atoms with Crippen LogP contribution in [-0.4, -0.2) is 9.49 Å². The van der Waals surface area contributed by atoms with Crippen LogP contribution >= 0.6 is 27.3 Å². The molecule has 2 aliphatic rings. The lowest BCUT2D eigenvalue weighted by molar-refractivity contribution is -0.384. The molecule has 3 heterocycles. The SMILES string of the molecule is Cc1ccc(-c2ccc(/C=c3/sc4n(c3=O)[C@@H](c3ccc(Br)cc3)C3=C(N=4)c4ccccc4CC3)o2)c([N+](=O)[O-])c1. The van der Waals surface area contributed by atoms with Crippen molar-refractivity contribution in [2.24, 2.45) is 4.99 Å². The molecular weight excluding hydrogens is 602 g/mol. The molecule has 0 bridgehead atoms. The van der Waals surface area contributed by atoms with Gasteiger partial charge in [0, 0.05) is 22.2 Å². The van der Waals surface area contributed by atoms with Crippen LogP contribution in [0.2, 0.25) is 0 Å². The molecule has 5 aromatic rings. The minimum Gasteiger partial charge on any atom is -0.456 e. The molecule has 2 aromatic heterocycles. The van der Waals surface area contributed by atoms with E-state index in [1.807, 2.05) is 31.2 Å². The van der Waals surface area contributed by atoms with E-state index in [9.17, 15) is 14.9 Å². The van der Waals surface area contributed by atoms with Gasteiger partial charge in [0.15, 0.2) is 4.80 Å². The molecule has 3 aromatic carbocycles. The monoisotopic (exact) mass is 623 g/mol. The Morgan fingerprint density at radius 3 is 2.66 bits per heavy atom. The van der Waals surface area contributed by atoms with Gasteiger partial charge in [-0.2, -0.15) is 0 Å². The van der Waals surface area contributed by atoms with Crippen molar-refractivity contribution in [3.05, 3.63) is 147 Å². The van der Waals surface area contributed by atoms with Gasteiger partial charge in [0.25, 0.3) is 11.2 Å². The first-order valence-corrected chi connectivity index (χ1v) is 14.7. The maximum absolute atomic E-state index is 14.0. The van der Waals surface area contributed by atoms with E-state index >= 15 is 0 Å². The van der Waals surface area contributed by atoms with E-state index < -0.39 is 4.92 Å². The van der Waals surface area contributed by atoms with E-state index in [1.165, 1.54) is 23.0 Å². The van der Waals surface area contributed by atoms with Crippen LogP contribution in [0.3, 0.4) is 0 Å². The zero-order chi connectivity index (χ0) is 28.2. The van der Waals surface area contributed by atoms with Gasteiger partial charge in [-0.05, 0) is 72.4 Å². The number of aryl methyl sites for hydroxylation is 2. The lowest BCUT2D eigenvalue weighted by Gasteiger charge is -2.30. The number of thiazole rings is 1. The molecule has 0 unspecified atom stereocenters. The molecule has 0 fully saturated rings. The third-order valence-corrected chi connectivity index (χ3v) is 9.09. The summed E-state index contributed by atoms with van der Waals surface area (Å²) in [7, 11) is 0. The van der Waals surface area contributed by atoms with Gasteiger partial charge in [0.05, 0.1) is 26.8 Å². The molecule has 0 N–H and O–H groups in total. The molecule has 1 atom stereocenters. The van der Waals surface area contributed by atoms with Gasteiger partial charge >= 0.3 is 0 Å². The highest BCUT2D eigenvalue weighted by molar-refractivity contribution is 9.10. The number of nitro groups is 1. The van der Waals surface area contributed by atoms with Crippen molar-refractivity contribution in [3.8, 4) is 11.3 Å². The number of furan rings is 1. The van der Waals surface area contributed by atoms with Crippen LogP contribution < -0.4 is 14.9 Å². The number of benzene rings is 3. The first kappa shape index (κ1) is 25.6. The third kappa shape index (κ3) is 4.42. The Morgan fingerprint density at radius 1 is 1.05 bits per heavy atom. The van der Waals surface area contributed by atoms with E-state index in [0.717, 1.165) is 45.3 Å².